The fourth-order valence-corrected chi connectivity index (χ4v) is 7.01. The Bertz CT molecular complexity index is 1700. The molecule has 40 heavy (non-hydrogen) atoms. The van der Waals surface area contributed by atoms with Crippen LogP contribution in [0.15, 0.2) is 59.6 Å². The molecule has 5 nitrogen and oxygen atoms in total. The zero-order valence-corrected chi connectivity index (χ0v) is 26.1. The minimum absolute atomic E-state index is 0.0460. The Morgan fingerprint density at radius 3 is 2.10 bits per heavy atom. The Hall–Kier alpha value is -2.42. The zero-order valence-electron chi connectivity index (χ0n) is 23.0. The van der Waals surface area contributed by atoms with Crippen LogP contribution in [0, 0.1) is 5.82 Å². The molecule has 0 saturated carbocycles. The van der Waals surface area contributed by atoms with E-state index in [4.69, 9.17) is 39.8 Å². The van der Waals surface area contributed by atoms with Crippen LogP contribution in [0.5, 0.6) is 0 Å². The lowest BCUT2D eigenvalue weighted by Crippen LogP contribution is -2.25. The normalized spacial score (nSPS) is 12.7. The Morgan fingerprint density at radius 2 is 1.57 bits per heavy atom. The average molecular weight is 624 g/mol. The molecule has 3 aromatic carbocycles. The minimum atomic E-state index is -3.66. The predicted molar refractivity (Wildman–Crippen MR) is 160 cm³/mol. The molecule has 0 spiro atoms. The van der Waals surface area contributed by atoms with Crippen LogP contribution in [0.4, 0.5) is 4.39 Å². The van der Waals surface area contributed by atoms with Gasteiger partial charge in [0.05, 0.1) is 26.7 Å². The maximum absolute atomic E-state index is 14.9. The predicted octanol–water partition coefficient (Wildman–Crippen LogP) is 8.16. The van der Waals surface area contributed by atoms with Gasteiger partial charge in [0.2, 0.25) is 0 Å². The molecule has 4 aromatic rings. The number of aromatic nitrogens is 2. The molecular formula is C30H30Cl3FN2O3S. The molecule has 10 heteroatoms. The SMILES string of the molecule is CCc1c(F)cc(-c2ccc(-n3cc(C(C)(C)O)nc3C(C)(C)c3c(Cl)cccc3Cl)c(Cl)c2)cc1S(C)(=O)=O. The number of rotatable bonds is 7. The fourth-order valence-electron chi connectivity index (χ4n) is 4.84. The van der Waals surface area contributed by atoms with E-state index in [2.05, 4.69) is 0 Å². The van der Waals surface area contributed by atoms with E-state index in [1.807, 2.05) is 13.8 Å². The highest BCUT2D eigenvalue weighted by atomic mass is 35.5. The third kappa shape index (κ3) is 5.68. The lowest BCUT2D eigenvalue weighted by Gasteiger charge is -2.28. The van der Waals surface area contributed by atoms with E-state index in [1.165, 1.54) is 12.1 Å². The number of aliphatic hydroxyl groups is 1. The first-order valence-corrected chi connectivity index (χ1v) is 15.6. The van der Waals surface area contributed by atoms with Gasteiger partial charge in [-0.2, -0.15) is 0 Å². The summed E-state index contributed by atoms with van der Waals surface area (Å²) < 4.78 is 41.5. The summed E-state index contributed by atoms with van der Waals surface area (Å²) in [7, 11) is -3.66. The smallest absolute Gasteiger partial charge is 0.175 e. The molecule has 0 atom stereocenters. The monoisotopic (exact) mass is 622 g/mol. The summed E-state index contributed by atoms with van der Waals surface area (Å²) in [6.45, 7) is 8.84. The number of benzene rings is 3. The first-order valence-electron chi connectivity index (χ1n) is 12.6. The van der Waals surface area contributed by atoms with Crippen LogP contribution in [-0.4, -0.2) is 29.3 Å². The van der Waals surface area contributed by atoms with Crippen LogP contribution < -0.4 is 0 Å². The van der Waals surface area contributed by atoms with Crippen LogP contribution >= 0.6 is 34.8 Å². The van der Waals surface area contributed by atoms with Gasteiger partial charge in [0.15, 0.2) is 9.84 Å². The molecule has 1 N–H and O–H groups in total. The van der Waals surface area contributed by atoms with Crippen molar-refractivity contribution in [2.45, 2.75) is 57.0 Å². The van der Waals surface area contributed by atoms with E-state index in [0.29, 0.717) is 49.0 Å². The van der Waals surface area contributed by atoms with Gasteiger partial charge >= 0.3 is 0 Å². The molecule has 4 rings (SSSR count). The van der Waals surface area contributed by atoms with Crippen LogP contribution in [0.25, 0.3) is 16.8 Å². The topological polar surface area (TPSA) is 72.2 Å². The first-order chi connectivity index (χ1) is 18.5. The first kappa shape index (κ1) is 30.5. The molecule has 0 radical (unpaired) electrons. The highest BCUT2D eigenvalue weighted by Gasteiger charge is 2.35. The van der Waals surface area contributed by atoms with Gasteiger partial charge in [0.25, 0.3) is 0 Å². The molecular weight excluding hydrogens is 594 g/mol. The van der Waals surface area contributed by atoms with Crippen molar-refractivity contribution < 1.29 is 17.9 Å². The Labute approximate surface area is 249 Å². The molecule has 0 fully saturated rings. The fraction of sp³-hybridized carbons (Fsp3) is 0.300. The van der Waals surface area contributed by atoms with E-state index in [1.54, 1.807) is 67.9 Å². The van der Waals surface area contributed by atoms with Gasteiger partial charge in [-0.1, -0.05) is 53.9 Å². The van der Waals surface area contributed by atoms with Crippen molar-refractivity contribution in [3.05, 3.63) is 98.3 Å². The van der Waals surface area contributed by atoms with Gasteiger partial charge < -0.3 is 9.67 Å². The summed E-state index contributed by atoms with van der Waals surface area (Å²) in [5.41, 5.74) is 0.629. The summed E-state index contributed by atoms with van der Waals surface area (Å²) in [6.07, 6.45) is 3.02. The van der Waals surface area contributed by atoms with E-state index in [0.717, 1.165) is 6.26 Å². The van der Waals surface area contributed by atoms with Gasteiger partial charge in [0.1, 0.15) is 17.2 Å². The standard InChI is InChI=1S/C30H30Cl3FN2O3S/c1-7-19-23(34)14-18(15-25(19)40(6,38)39)17-11-12-24(22(33)13-17)36-16-26(30(4,5)37)35-28(36)29(2,3)27-20(31)9-8-10-21(27)32/h8-16,37H,7H2,1-6H3. The largest absolute Gasteiger partial charge is 0.384 e. The van der Waals surface area contributed by atoms with Crippen molar-refractivity contribution in [1.29, 1.82) is 0 Å². The third-order valence-corrected chi connectivity index (χ3v) is 9.02. The van der Waals surface area contributed by atoms with Gasteiger partial charge in [-0.05, 0) is 81.6 Å². The Morgan fingerprint density at radius 1 is 0.950 bits per heavy atom. The second kappa shape index (κ2) is 10.8. The number of imidazole rings is 1. The highest BCUT2D eigenvalue weighted by Crippen LogP contribution is 2.42. The van der Waals surface area contributed by atoms with E-state index in [9.17, 15) is 17.9 Å². The molecule has 0 amide bonds. The summed E-state index contributed by atoms with van der Waals surface area (Å²) in [5.74, 6) is -0.0577. The number of sulfone groups is 1. The van der Waals surface area contributed by atoms with E-state index >= 15 is 0 Å². The summed E-state index contributed by atoms with van der Waals surface area (Å²) >= 11 is 20.0. The lowest BCUT2D eigenvalue weighted by atomic mass is 9.83. The quantitative estimate of drug-likeness (QED) is 0.225. The number of hydrogen-bond acceptors (Lipinski definition) is 4. The summed E-state index contributed by atoms with van der Waals surface area (Å²) in [4.78, 5) is 4.75. The molecule has 0 bridgehead atoms. The van der Waals surface area contributed by atoms with Crippen LogP contribution in [0.2, 0.25) is 15.1 Å². The van der Waals surface area contributed by atoms with Crippen molar-refractivity contribution in [3.63, 3.8) is 0 Å². The minimum Gasteiger partial charge on any atom is -0.384 e. The number of nitrogens with zero attached hydrogens (tertiary/aromatic N) is 2. The van der Waals surface area contributed by atoms with Gasteiger partial charge in [0, 0.05) is 33.6 Å². The second-order valence-corrected chi connectivity index (χ2v) is 14.0. The molecule has 0 aliphatic carbocycles. The van der Waals surface area contributed by atoms with Crippen molar-refractivity contribution in [2.24, 2.45) is 0 Å². The summed E-state index contributed by atoms with van der Waals surface area (Å²) in [5, 5.41) is 12.0. The molecule has 0 saturated heterocycles. The second-order valence-electron chi connectivity index (χ2n) is 10.8. The summed E-state index contributed by atoms with van der Waals surface area (Å²) in [6, 6.07) is 13.2. The van der Waals surface area contributed by atoms with Crippen molar-refractivity contribution >= 4 is 44.6 Å². The Balaban J connectivity index is 1.92. The van der Waals surface area contributed by atoms with Crippen molar-refractivity contribution in [1.82, 2.24) is 9.55 Å². The Kier molecular flexibility index (Phi) is 8.22. The maximum atomic E-state index is 14.9. The third-order valence-electron chi connectivity index (χ3n) is 6.93. The van der Waals surface area contributed by atoms with Crippen LogP contribution in [-0.2, 0) is 27.3 Å². The number of hydrogen-bond donors (Lipinski definition) is 1. The maximum Gasteiger partial charge on any atom is 0.175 e. The van der Waals surface area contributed by atoms with Crippen LogP contribution in [0.1, 0.15) is 57.3 Å². The molecule has 1 aromatic heterocycles. The van der Waals surface area contributed by atoms with Crippen LogP contribution in [0.3, 0.4) is 0 Å². The average Bonchev–Trinajstić information content (AvgIpc) is 3.29. The zero-order chi connectivity index (χ0) is 29.8. The van der Waals surface area contributed by atoms with Crippen molar-refractivity contribution in [3.8, 4) is 16.8 Å². The molecule has 212 valence electrons. The molecule has 0 aliphatic rings. The number of halogens is 4. The van der Waals surface area contributed by atoms with E-state index < -0.39 is 26.7 Å². The van der Waals surface area contributed by atoms with Crippen molar-refractivity contribution in [2.75, 3.05) is 6.26 Å². The lowest BCUT2D eigenvalue weighted by molar-refractivity contribution is 0.0740. The molecule has 1 heterocycles. The highest BCUT2D eigenvalue weighted by molar-refractivity contribution is 7.90. The van der Waals surface area contributed by atoms with Gasteiger partial charge in [-0.3, -0.25) is 0 Å². The molecule has 0 aliphatic heterocycles. The molecule has 0 unspecified atom stereocenters. The van der Waals surface area contributed by atoms with E-state index in [-0.39, 0.29) is 16.9 Å². The van der Waals surface area contributed by atoms with Gasteiger partial charge in [-0.15, -0.1) is 0 Å². The van der Waals surface area contributed by atoms with Gasteiger partial charge in [-0.25, -0.2) is 17.8 Å².